The van der Waals surface area contributed by atoms with Crippen LogP contribution in [-0.4, -0.2) is 38.9 Å². The van der Waals surface area contributed by atoms with Crippen molar-refractivity contribution in [3.63, 3.8) is 0 Å². The highest BCUT2D eigenvalue weighted by Gasteiger charge is 2.22. The van der Waals surface area contributed by atoms with Gasteiger partial charge in [-0.25, -0.2) is 13.1 Å². The number of benzene rings is 1. The average molecular weight is 338 g/mol. The van der Waals surface area contributed by atoms with Crippen molar-refractivity contribution in [2.75, 3.05) is 19.6 Å². The van der Waals surface area contributed by atoms with E-state index in [1.165, 1.54) is 12.1 Å². The Balaban J connectivity index is 2.05. The molecule has 1 aromatic rings. The van der Waals surface area contributed by atoms with Gasteiger partial charge in [-0.3, -0.25) is 4.79 Å². The predicted molar refractivity (Wildman–Crippen MR) is 90.8 cm³/mol. The lowest BCUT2D eigenvalue weighted by atomic mass is 9.98. The number of hydrogen-bond donors (Lipinski definition) is 1. The van der Waals surface area contributed by atoms with Gasteiger partial charge >= 0.3 is 0 Å². The van der Waals surface area contributed by atoms with Crippen LogP contribution in [0.25, 0.3) is 0 Å². The quantitative estimate of drug-likeness (QED) is 0.897. The second-order valence-electron chi connectivity index (χ2n) is 6.74. The minimum Gasteiger partial charge on any atom is -0.339 e. The topological polar surface area (TPSA) is 66.5 Å². The largest absolute Gasteiger partial charge is 0.339 e. The zero-order valence-electron chi connectivity index (χ0n) is 14.1. The first-order valence-electron chi connectivity index (χ1n) is 8.18. The number of amides is 1. The lowest BCUT2D eigenvalue weighted by Crippen LogP contribution is -2.37. The summed E-state index contributed by atoms with van der Waals surface area (Å²) in [6.07, 6.45) is 2.05. The summed E-state index contributed by atoms with van der Waals surface area (Å²) < 4.78 is 26.9. The van der Waals surface area contributed by atoms with Crippen molar-refractivity contribution in [1.29, 1.82) is 0 Å². The van der Waals surface area contributed by atoms with Crippen LogP contribution in [0.4, 0.5) is 0 Å². The summed E-state index contributed by atoms with van der Waals surface area (Å²) in [5.41, 5.74) is 0.544. The number of nitrogens with zero attached hydrogens (tertiary/aromatic N) is 1. The highest BCUT2D eigenvalue weighted by atomic mass is 32.2. The molecule has 1 saturated heterocycles. The second-order valence-corrected chi connectivity index (χ2v) is 8.51. The van der Waals surface area contributed by atoms with Gasteiger partial charge in [-0.2, -0.15) is 0 Å². The van der Waals surface area contributed by atoms with Crippen molar-refractivity contribution in [3.8, 4) is 0 Å². The summed E-state index contributed by atoms with van der Waals surface area (Å²) in [7, 11) is -3.50. The Kier molecular flexibility index (Phi) is 5.81. The number of carbonyl (C=O) groups is 1. The van der Waals surface area contributed by atoms with Crippen LogP contribution in [-0.2, 0) is 10.0 Å². The van der Waals surface area contributed by atoms with E-state index >= 15 is 0 Å². The lowest BCUT2D eigenvalue weighted by molar-refractivity contribution is 0.0697. The molecule has 0 atom stereocenters. The van der Waals surface area contributed by atoms with E-state index in [2.05, 4.69) is 11.6 Å². The summed E-state index contributed by atoms with van der Waals surface area (Å²) in [5.74, 6) is 0.890. The first-order valence-corrected chi connectivity index (χ1v) is 9.67. The van der Waals surface area contributed by atoms with Crippen LogP contribution in [0.2, 0.25) is 0 Å². The molecule has 1 heterocycles. The molecule has 0 unspecified atom stereocenters. The van der Waals surface area contributed by atoms with E-state index in [4.69, 9.17) is 0 Å². The van der Waals surface area contributed by atoms with Crippen molar-refractivity contribution < 1.29 is 13.2 Å². The van der Waals surface area contributed by atoms with E-state index in [-0.39, 0.29) is 16.7 Å². The zero-order valence-corrected chi connectivity index (χ0v) is 14.9. The normalized spacial score (nSPS) is 16.8. The lowest BCUT2D eigenvalue weighted by Gasteiger charge is -2.30. The van der Waals surface area contributed by atoms with Crippen molar-refractivity contribution in [2.45, 2.75) is 38.5 Å². The molecule has 0 spiro atoms. The number of hydrogen-bond acceptors (Lipinski definition) is 3. The van der Waals surface area contributed by atoms with E-state index in [9.17, 15) is 13.2 Å². The molecule has 23 heavy (non-hydrogen) atoms. The SMILES string of the molecule is CC(C)CNS(=O)(=O)c1ccc(C(=O)N2CCC(C)CC2)cc1. The molecule has 1 aliphatic heterocycles. The zero-order chi connectivity index (χ0) is 17.0. The molecule has 128 valence electrons. The number of nitrogens with one attached hydrogen (secondary N) is 1. The van der Waals surface area contributed by atoms with Gasteiger partial charge in [0.1, 0.15) is 0 Å². The smallest absolute Gasteiger partial charge is 0.253 e. The van der Waals surface area contributed by atoms with Crippen LogP contribution in [0, 0.1) is 11.8 Å². The molecular weight excluding hydrogens is 312 g/mol. The third-order valence-electron chi connectivity index (χ3n) is 4.16. The molecule has 0 aromatic heterocycles. The van der Waals surface area contributed by atoms with Gasteiger partial charge in [0.2, 0.25) is 10.0 Å². The third kappa shape index (κ3) is 4.78. The first-order chi connectivity index (χ1) is 10.8. The summed E-state index contributed by atoms with van der Waals surface area (Å²) in [4.78, 5) is 14.5. The van der Waals surface area contributed by atoms with Crippen molar-refractivity contribution in [1.82, 2.24) is 9.62 Å². The van der Waals surface area contributed by atoms with E-state index in [0.29, 0.717) is 18.0 Å². The van der Waals surface area contributed by atoms with Crippen LogP contribution in [0.5, 0.6) is 0 Å². The Hall–Kier alpha value is -1.40. The predicted octanol–water partition coefficient (Wildman–Crippen LogP) is 2.49. The van der Waals surface area contributed by atoms with Crippen LogP contribution in [0.1, 0.15) is 44.0 Å². The molecule has 0 aliphatic carbocycles. The van der Waals surface area contributed by atoms with Gasteiger partial charge in [0.05, 0.1) is 4.90 Å². The Morgan fingerprint density at radius 3 is 2.30 bits per heavy atom. The van der Waals surface area contributed by atoms with E-state index < -0.39 is 10.0 Å². The van der Waals surface area contributed by atoms with Crippen LogP contribution >= 0.6 is 0 Å². The Morgan fingerprint density at radius 1 is 1.22 bits per heavy atom. The minimum absolute atomic E-state index is 0.0176. The second kappa shape index (κ2) is 7.45. The summed E-state index contributed by atoms with van der Waals surface area (Å²) in [6.45, 7) is 8.04. The maximum Gasteiger partial charge on any atom is 0.253 e. The monoisotopic (exact) mass is 338 g/mol. The number of carbonyl (C=O) groups excluding carboxylic acids is 1. The van der Waals surface area contributed by atoms with Crippen LogP contribution < -0.4 is 4.72 Å². The van der Waals surface area contributed by atoms with E-state index in [1.807, 2.05) is 18.7 Å². The molecule has 5 nitrogen and oxygen atoms in total. The maximum atomic E-state index is 12.4. The van der Waals surface area contributed by atoms with Crippen molar-refractivity contribution in [3.05, 3.63) is 29.8 Å². The molecule has 0 bridgehead atoms. The van der Waals surface area contributed by atoms with Gasteiger partial charge in [-0.05, 0) is 48.9 Å². The number of rotatable bonds is 5. The average Bonchev–Trinajstić information content (AvgIpc) is 2.53. The fraction of sp³-hybridized carbons (Fsp3) is 0.588. The van der Waals surface area contributed by atoms with Gasteiger partial charge in [0, 0.05) is 25.2 Å². The van der Waals surface area contributed by atoms with Gasteiger partial charge < -0.3 is 4.90 Å². The number of sulfonamides is 1. The molecular formula is C17H26N2O3S. The summed E-state index contributed by atoms with van der Waals surface area (Å²) in [6, 6.07) is 6.21. The van der Waals surface area contributed by atoms with E-state index in [1.54, 1.807) is 12.1 Å². The highest BCUT2D eigenvalue weighted by molar-refractivity contribution is 7.89. The van der Waals surface area contributed by atoms with Gasteiger partial charge in [0.25, 0.3) is 5.91 Å². The summed E-state index contributed by atoms with van der Waals surface area (Å²) >= 11 is 0. The van der Waals surface area contributed by atoms with Gasteiger partial charge in [-0.15, -0.1) is 0 Å². The highest BCUT2D eigenvalue weighted by Crippen LogP contribution is 2.19. The van der Waals surface area contributed by atoms with Gasteiger partial charge in [0.15, 0.2) is 0 Å². The molecule has 1 aliphatic rings. The standard InChI is InChI=1S/C17H26N2O3S/c1-13(2)12-18-23(21,22)16-6-4-15(5-7-16)17(20)19-10-8-14(3)9-11-19/h4-7,13-14,18H,8-12H2,1-3H3. The first kappa shape index (κ1) is 17.9. The third-order valence-corrected chi connectivity index (χ3v) is 5.60. The molecule has 6 heteroatoms. The molecule has 0 radical (unpaired) electrons. The van der Waals surface area contributed by atoms with Crippen molar-refractivity contribution in [2.24, 2.45) is 11.8 Å². The molecule has 1 amide bonds. The Bertz CT molecular complexity index is 630. The molecule has 2 rings (SSSR count). The molecule has 1 fully saturated rings. The summed E-state index contributed by atoms with van der Waals surface area (Å²) in [5, 5.41) is 0. The molecule has 1 aromatic carbocycles. The van der Waals surface area contributed by atoms with E-state index in [0.717, 1.165) is 25.9 Å². The number of likely N-dealkylation sites (tertiary alicyclic amines) is 1. The fourth-order valence-corrected chi connectivity index (χ4v) is 3.74. The fourth-order valence-electron chi connectivity index (χ4n) is 2.53. The van der Waals surface area contributed by atoms with Crippen LogP contribution in [0.3, 0.4) is 0 Å². The maximum absolute atomic E-state index is 12.4. The van der Waals surface area contributed by atoms with Crippen molar-refractivity contribution >= 4 is 15.9 Å². The van der Waals surface area contributed by atoms with Crippen LogP contribution in [0.15, 0.2) is 29.2 Å². The Labute approximate surface area is 139 Å². The Morgan fingerprint density at radius 2 is 1.78 bits per heavy atom. The minimum atomic E-state index is -3.50. The van der Waals surface area contributed by atoms with Gasteiger partial charge in [-0.1, -0.05) is 20.8 Å². The molecule has 0 saturated carbocycles. The number of piperidine rings is 1. The molecule has 1 N–H and O–H groups in total.